The lowest BCUT2D eigenvalue weighted by molar-refractivity contribution is 0.882. The van der Waals surface area contributed by atoms with Crippen molar-refractivity contribution in [3.8, 4) is 0 Å². The Morgan fingerprint density at radius 3 is 2.47 bits per heavy atom. The number of hydrogen-bond acceptors (Lipinski definition) is 2. The van der Waals surface area contributed by atoms with Crippen molar-refractivity contribution in [2.75, 3.05) is 0 Å². The molecule has 3 heteroatoms. The van der Waals surface area contributed by atoms with Gasteiger partial charge in [0.2, 0.25) is 0 Å². The number of aryl methyl sites for hydroxylation is 3. The molecule has 0 radical (unpaired) electrons. The number of fused-ring (bicyclic) bond motifs is 1. The summed E-state index contributed by atoms with van der Waals surface area (Å²) in [5.41, 5.74) is 4.32. The van der Waals surface area contributed by atoms with Crippen LogP contribution in [0.5, 0.6) is 0 Å². The van der Waals surface area contributed by atoms with E-state index in [1.807, 2.05) is 38.4 Å². The molecule has 0 saturated heterocycles. The predicted octanol–water partition coefficient (Wildman–Crippen LogP) is 2.93. The molecule has 2 aromatic rings. The number of hydrogen-bond donors (Lipinski definition) is 0. The van der Waals surface area contributed by atoms with E-state index in [1.165, 1.54) is 5.56 Å². The van der Waals surface area contributed by atoms with Crippen LogP contribution in [-0.4, -0.2) is 14.6 Å². The lowest BCUT2D eigenvalue weighted by Crippen LogP contribution is -1.97. The second-order valence-electron chi connectivity index (χ2n) is 3.31. The maximum Gasteiger partial charge on any atom is 0.156 e. The zero-order valence-electron chi connectivity index (χ0n) is 10.2. The van der Waals surface area contributed by atoms with Crippen molar-refractivity contribution in [1.29, 1.82) is 0 Å². The van der Waals surface area contributed by atoms with Gasteiger partial charge in [0.05, 0.1) is 17.6 Å². The van der Waals surface area contributed by atoms with E-state index in [4.69, 9.17) is 0 Å². The van der Waals surface area contributed by atoms with Crippen molar-refractivity contribution in [3.05, 3.63) is 29.2 Å². The Morgan fingerprint density at radius 1 is 1.20 bits per heavy atom. The highest BCUT2D eigenvalue weighted by molar-refractivity contribution is 5.48. The van der Waals surface area contributed by atoms with E-state index >= 15 is 0 Å². The van der Waals surface area contributed by atoms with Gasteiger partial charge in [-0.2, -0.15) is 5.10 Å². The summed E-state index contributed by atoms with van der Waals surface area (Å²) in [6.07, 6.45) is 2.96. The highest BCUT2D eigenvalue weighted by Gasteiger charge is 2.04. The van der Waals surface area contributed by atoms with Crippen molar-refractivity contribution < 1.29 is 0 Å². The minimum atomic E-state index is 0.991. The molecule has 0 aliphatic rings. The Kier molecular flexibility index (Phi) is 3.83. The molecule has 0 N–H and O–H groups in total. The Balaban J connectivity index is 0.000000531. The summed E-state index contributed by atoms with van der Waals surface area (Å²) in [4.78, 5) is 4.43. The molecule has 0 bridgehead atoms. The van der Waals surface area contributed by atoms with E-state index in [1.54, 1.807) is 0 Å². The molecule has 2 aromatic heterocycles. The zero-order chi connectivity index (χ0) is 11.4. The van der Waals surface area contributed by atoms with Gasteiger partial charge >= 0.3 is 0 Å². The number of rotatable bonds is 1. The SMILES string of the molecule is CC.CCc1cc(C)nn2cc(C)nc12. The van der Waals surface area contributed by atoms with Gasteiger partial charge in [0.15, 0.2) is 5.65 Å². The van der Waals surface area contributed by atoms with Gasteiger partial charge in [-0.15, -0.1) is 0 Å². The van der Waals surface area contributed by atoms with Crippen LogP contribution in [0.2, 0.25) is 0 Å². The standard InChI is InChI=1S/C10H13N3.C2H6/c1-4-9-5-7(2)12-13-6-8(3)11-10(9)13;1-2/h5-6H,4H2,1-3H3;1-2H3. The number of aromatic nitrogens is 3. The van der Waals surface area contributed by atoms with Crippen molar-refractivity contribution >= 4 is 5.65 Å². The summed E-state index contributed by atoms with van der Waals surface area (Å²) in [7, 11) is 0. The van der Waals surface area contributed by atoms with Gasteiger partial charge in [0.25, 0.3) is 0 Å². The van der Waals surface area contributed by atoms with Crippen LogP contribution in [0.4, 0.5) is 0 Å². The molecule has 0 aliphatic heterocycles. The molecule has 0 spiro atoms. The van der Waals surface area contributed by atoms with Gasteiger partial charge in [-0.25, -0.2) is 9.50 Å². The first-order chi connectivity index (χ1) is 7.20. The molecule has 0 aliphatic carbocycles. The summed E-state index contributed by atoms with van der Waals surface area (Å²) < 4.78 is 1.86. The van der Waals surface area contributed by atoms with E-state index in [2.05, 4.69) is 23.1 Å². The lowest BCUT2D eigenvalue weighted by atomic mass is 10.2. The molecule has 0 amide bonds. The minimum Gasteiger partial charge on any atom is -0.232 e. The number of nitrogens with zero attached hydrogens (tertiary/aromatic N) is 3. The second-order valence-corrected chi connectivity index (χ2v) is 3.31. The average Bonchev–Trinajstić information content (AvgIpc) is 2.60. The fourth-order valence-electron chi connectivity index (χ4n) is 1.56. The molecule has 82 valence electrons. The molecule has 2 rings (SSSR count). The highest BCUT2D eigenvalue weighted by Crippen LogP contribution is 2.11. The third kappa shape index (κ3) is 2.35. The van der Waals surface area contributed by atoms with Crippen molar-refractivity contribution in [2.45, 2.75) is 41.0 Å². The molecule has 0 unspecified atom stereocenters. The normalized spacial score (nSPS) is 9.93. The Bertz CT molecular complexity index is 443. The molecule has 0 atom stereocenters. The summed E-state index contributed by atoms with van der Waals surface area (Å²) in [6, 6.07) is 2.10. The molecular weight excluding hydrogens is 186 g/mol. The van der Waals surface area contributed by atoms with E-state index in [-0.39, 0.29) is 0 Å². The molecular formula is C12H19N3. The van der Waals surface area contributed by atoms with Gasteiger partial charge in [-0.1, -0.05) is 20.8 Å². The first-order valence-electron chi connectivity index (χ1n) is 5.53. The first kappa shape index (κ1) is 11.7. The summed E-state index contributed by atoms with van der Waals surface area (Å²) in [5, 5.41) is 4.36. The maximum absolute atomic E-state index is 4.43. The van der Waals surface area contributed by atoms with Crippen LogP contribution in [0.25, 0.3) is 5.65 Å². The molecule has 15 heavy (non-hydrogen) atoms. The Morgan fingerprint density at radius 2 is 1.87 bits per heavy atom. The van der Waals surface area contributed by atoms with Crippen molar-refractivity contribution in [2.24, 2.45) is 0 Å². The van der Waals surface area contributed by atoms with Crippen LogP contribution in [0.3, 0.4) is 0 Å². The monoisotopic (exact) mass is 205 g/mol. The van der Waals surface area contributed by atoms with Crippen LogP contribution >= 0.6 is 0 Å². The van der Waals surface area contributed by atoms with Crippen LogP contribution in [-0.2, 0) is 6.42 Å². The summed E-state index contributed by atoms with van der Waals surface area (Å²) >= 11 is 0. The summed E-state index contributed by atoms with van der Waals surface area (Å²) in [6.45, 7) is 10.1. The third-order valence-corrected chi connectivity index (χ3v) is 2.13. The first-order valence-corrected chi connectivity index (χ1v) is 5.53. The largest absolute Gasteiger partial charge is 0.232 e. The molecule has 0 aromatic carbocycles. The second kappa shape index (κ2) is 4.91. The zero-order valence-corrected chi connectivity index (χ0v) is 10.2. The van der Waals surface area contributed by atoms with Gasteiger partial charge in [-0.3, -0.25) is 0 Å². The fourth-order valence-corrected chi connectivity index (χ4v) is 1.56. The maximum atomic E-state index is 4.43. The Labute approximate surface area is 91.2 Å². The molecule has 3 nitrogen and oxygen atoms in total. The smallest absolute Gasteiger partial charge is 0.156 e. The average molecular weight is 205 g/mol. The molecule has 0 fully saturated rings. The molecule has 2 heterocycles. The Hall–Kier alpha value is -1.38. The van der Waals surface area contributed by atoms with Gasteiger partial charge in [0.1, 0.15) is 0 Å². The topological polar surface area (TPSA) is 30.2 Å². The van der Waals surface area contributed by atoms with Crippen molar-refractivity contribution in [3.63, 3.8) is 0 Å². The van der Waals surface area contributed by atoms with E-state index in [0.29, 0.717) is 0 Å². The predicted molar refractivity (Wildman–Crippen MR) is 63.2 cm³/mol. The van der Waals surface area contributed by atoms with Crippen LogP contribution in [0, 0.1) is 13.8 Å². The third-order valence-electron chi connectivity index (χ3n) is 2.13. The van der Waals surface area contributed by atoms with Crippen LogP contribution in [0.1, 0.15) is 37.7 Å². The van der Waals surface area contributed by atoms with E-state index in [9.17, 15) is 0 Å². The summed E-state index contributed by atoms with van der Waals surface area (Å²) in [5.74, 6) is 0. The minimum absolute atomic E-state index is 0.991. The molecule has 0 saturated carbocycles. The van der Waals surface area contributed by atoms with Gasteiger partial charge in [-0.05, 0) is 31.9 Å². The highest BCUT2D eigenvalue weighted by atomic mass is 15.2. The van der Waals surface area contributed by atoms with Crippen molar-refractivity contribution in [1.82, 2.24) is 14.6 Å². The lowest BCUT2D eigenvalue weighted by Gasteiger charge is -2.00. The van der Waals surface area contributed by atoms with Crippen LogP contribution in [0.15, 0.2) is 12.3 Å². The number of imidazole rings is 1. The van der Waals surface area contributed by atoms with Gasteiger partial charge in [0, 0.05) is 0 Å². The van der Waals surface area contributed by atoms with Gasteiger partial charge < -0.3 is 0 Å². The van der Waals surface area contributed by atoms with E-state index in [0.717, 1.165) is 23.5 Å². The fraction of sp³-hybridized carbons (Fsp3) is 0.500. The van der Waals surface area contributed by atoms with Crippen LogP contribution < -0.4 is 0 Å². The van der Waals surface area contributed by atoms with E-state index < -0.39 is 0 Å². The quantitative estimate of drug-likeness (QED) is 0.716.